The summed E-state index contributed by atoms with van der Waals surface area (Å²) in [5, 5.41) is 8.92. The highest BCUT2D eigenvalue weighted by Gasteiger charge is 2.38. The fourth-order valence-corrected chi connectivity index (χ4v) is 3.73. The van der Waals surface area contributed by atoms with Gasteiger partial charge in [0, 0.05) is 25.2 Å². The van der Waals surface area contributed by atoms with Crippen LogP contribution in [-0.4, -0.2) is 53.1 Å². The average molecular weight is 274 g/mol. The van der Waals surface area contributed by atoms with Crippen molar-refractivity contribution < 1.29 is 9.90 Å². The average Bonchev–Trinajstić information content (AvgIpc) is 3.01. The van der Waals surface area contributed by atoms with E-state index in [0.29, 0.717) is 11.6 Å². The molecule has 2 aliphatic rings. The van der Waals surface area contributed by atoms with Gasteiger partial charge in [0.25, 0.3) is 0 Å². The molecule has 2 aliphatic heterocycles. The van der Waals surface area contributed by atoms with Crippen LogP contribution in [-0.2, 0) is 6.54 Å². The van der Waals surface area contributed by atoms with Gasteiger partial charge in [-0.1, -0.05) is 12.1 Å². The first kappa shape index (κ1) is 13.6. The second-order valence-electron chi connectivity index (χ2n) is 6.02. The predicted molar refractivity (Wildman–Crippen MR) is 77.9 cm³/mol. The number of benzene rings is 1. The number of hydrogen-bond acceptors (Lipinski definition) is 3. The zero-order valence-corrected chi connectivity index (χ0v) is 12.0. The van der Waals surface area contributed by atoms with Crippen molar-refractivity contribution in [3.05, 3.63) is 35.4 Å². The molecule has 2 atom stereocenters. The summed E-state index contributed by atoms with van der Waals surface area (Å²) in [5.74, 6) is -0.859. The third-order valence-electron chi connectivity index (χ3n) is 4.77. The van der Waals surface area contributed by atoms with Gasteiger partial charge in [-0.15, -0.1) is 0 Å². The molecular formula is C16H22N2O2. The summed E-state index contributed by atoms with van der Waals surface area (Å²) >= 11 is 0. The van der Waals surface area contributed by atoms with Crippen LogP contribution in [0.4, 0.5) is 0 Å². The zero-order valence-electron chi connectivity index (χ0n) is 12.0. The van der Waals surface area contributed by atoms with E-state index >= 15 is 0 Å². The zero-order chi connectivity index (χ0) is 14.1. The number of fused-ring (bicyclic) bond motifs is 1. The standard InChI is InChI=1S/C16H22N2O2/c1-17(14-8-10-18-9-2-3-15(14)18)11-12-4-6-13(7-5-12)16(19)20/h4-7,14-15H,2-3,8-11H2,1H3,(H,19,20). The van der Waals surface area contributed by atoms with Crippen molar-refractivity contribution >= 4 is 5.97 Å². The molecule has 2 saturated heterocycles. The SMILES string of the molecule is CN(Cc1ccc(C(=O)O)cc1)C1CCN2CCCC12. The maximum absolute atomic E-state index is 10.9. The van der Waals surface area contributed by atoms with Crippen LogP contribution < -0.4 is 0 Å². The molecule has 0 aliphatic carbocycles. The lowest BCUT2D eigenvalue weighted by atomic mass is 10.0. The minimum Gasteiger partial charge on any atom is -0.478 e. The summed E-state index contributed by atoms with van der Waals surface area (Å²) in [6.45, 7) is 3.40. The highest BCUT2D eigenvalue weighted by molar-refractivity contribution is 5.87. The second-order valence-corrected chi connectivity index (χ2v) is 6.02. The molecule has 3 rings (SSSR count). The molecule has 0 spiro atoms. The first-order valence-electron chi connectivity index (χ1n) is 7.41. The molecule has 1 N–H and O–H groups in total. The van der Waals surface area contributed by atoms with Gasteiger partial charge in [-0.25, -0.2) is 4.79 Å². The van der Waals surface area contributed by atoms with E-state index < -0.39 is 5.97 Å². The van der Waals surface area contributed by atoms with Gasteiger partial charge in [0.15, 0.2) is 0 Å². The molecular weight excluding hydrogens is 252 g/mol. The molecule has 0 saturated carbocycles. The molecule has 2 fully saturated rings. The van der Waals surface area contributed by atoms with Crippen molar-refractivity contribution in [2.24, 2.45) is 0 Å². The Morgan fingerprint density at radius 3 is 2.75 bits per heavy atom. The topological polar surface area (TPSA) is 43.8 Å². The first-order valence-corrected chi connectivity index (χ1v) is 7.41. The van der Waals surface area contributed by atoms with Crippen molar-refractivity contribution in [3.63, 3.8) is 0 Å². The summed E-state index contributed by atoms with van der Waals surface area (Å²) in [7, 11) is 2.19. The summed E-state index contributed by atoms with van der Waals surface area (Å²) in [4.78, 5) is 15.9. The van der Waals surface area contributed by atoms with Crippen LogP contribution in [0.2, 0.25) is 0 Å². The van der Waals surface area contributed by atoms with E-state index in [-0.39, 0.29) is 0 Å². The first-order chi connectivity index (χ1) is 9.65. The maximum atomic E-state index is 10.9. The highest BCUT2D eigenvalue weighted by atomic mass is 16.4. The number of nitrogens with zero attached hydrogens (tertiary/aromatic N) is 2. The molecule has 4 heteroatoms. The molecule has 20 heavy (non-hydrogen) atoms. The fourth-order valence-electron chi connectivity index (χ4n) is 3.73. The summed E-state index contributed by atoms with van der Waals surface area (Å²) in [6, 6.07) is 8.64. The monoisotopic (exact) mass is 274 g/mol. The number of carboxylic acid groups (broad SMARTS) is 1. The molecule has 108 valence electrons. The van der Waals surface area contributed by atoms with Crippen molar-refractivity contribution in [2.75, 3.05) is 20.1 Å². The Morgan fingerprint density at radius 1 is 1.30 bits per heavy atom. The van der Waals surface area contributed by atoms with Gasteiger partial charge in [0.05, 0.1) is 5.56 Å². The summed E-state index contributed by atoms with van der Waals surface area (Å²) in [5.41, 5.74) is 1.55. The Morgan fingerprint density at radius 2 is 2.05 bits per heavy atom. The van der Waals surface area contributed by atoms with Crippen LogP contribution in [0.1, 0.15) is 35.2 Å². The number of hydrogen-bond donors (Lipinski definition) is 1. The summed E-state index contributed by atoms with van der Waals surface area (Å²) < 4.78 is 0. The lowest BCUT2D eigenvalue weighted by Gasteiger charge is -2.29. The van der Waals surface area contributed by atoms with E-state index in [1.165, 1.54) is 37.9 Å². The lowest BCUT2D eigenvalue weighted by molar-refractivity contribution is 0.0697. The quantitative estimate of drug-likeness (QED) is 0.912. The normalized spacial score (nSPS) is 26.1. The largest absolute Gasteiger partial charge is 0.478 e. The maximum Gasteiger partial charge on any atom is 0.335 e. The number of carbonyl (C=O) groups is 1. The molecule has 2 unspecified atom stereocenters. The van der Waals surface area contributed by atoms with Crippen LogP contribution >= 0.6 is 0 Å². The van der Waals surface area contributed by atoms with E-state index in [1.807, 2.05) is 12.1 Å². The van der Waals surface area contributed by atoms with Gasteiger partial charge < -0.3 is 5.11 Å². The molecule has 1 aromatic carbocycles. The van der Waals surface area contributed by atoms with Crippen LogP contribution in [0, 0.1) is 0 Å². The number of carboxylic acids is 1. The molecule has 4 nitrogen and oxygen atoms in total. The Hall–Kier alpha value is -1.39. The van der Waals surface area contributed by atoms with Gasteiger partial charge >= 0.3 is 5.97 Å². The minimum atomic E-state index is -0.859. The fraction of sp³-hybridized carbons (Fsp3) is 0.562. The third kappa shape index (κ3) is 2.58. The third-order valence-corrected chi connectivity index (χ3v) is 4.77. The van der Waals surface area contributed by atoms with Crippen LogP contribution in [0.15, 0.2) is 24.3 Å². The number of aromatic carboxylic acids is 1. The van der Waals surface area contributed by atoms with Gasteiger partial charge in [-0.2, -0.15) is 0 Å². The van der Waals surface area contributed by atoms with E-state index in [0.717, 1.165) is 12.6 Å². The van der Waals surface area contributed by atoms with Crippen LogP contribution in [0.25, 0.3) is 0 Å². The number of rotatable bonds is 4. The molecule has 1 aromatic rings. The van der Waals surface area contributed by atoms with Crippen molar-refractivity contribution in [2.45, 2.75) is 37.9 Å². The van der Waals surface area contributed by atoms with Gasteiger partial charge in [0.1, 0.15) is 0 Å². The van der Waals surface area contributed by atoms with E-state index in [2.05, 4.69) is 16.8 Å². The molecule has 2 heterocycles. The molecule has 0 bridgehead atoms. The molecule has 0 aromatic heterocycles. The molecule has 0 amide bonds. The van der Waals surface area contributed by atoms with Gasteiger partial charge in [-0.05, 0) is 50.6 Å². The predicted octanol–water partition coefficient (Wildman–Crippen LogP) is 2.05. The Balaban J connectivity index is 1.63. The van der Waals surface area contributed by atoms with E-state index in [4.69, 9.17) is 5.11 Å². The highest BCUT2D eigenvalue weighted by Crippen LogP contribution is 2.31. The van der Waals surface area contributed by atoms with E-state index in [1.54, 1.807) is 12.1 Å². The van der Waals surface area contributed by atoms with Crippen LogP contribution in [0.5, 0.6) is 0 Å². The Bertz CT molecular complexity index is 486. The van der Waals surface area contributed by atoms with Gasteiger partial charge in [0.2, 0.25) is 0 Å². The van der Waals surface area contributed by atoms with Crippen molar-refractivity contribution in [3.8, 4) is 0 Å². The lowest BCUT2D eigenvalue weighted by Crippen LogP contribution is -2.40. The van der Waals surface area contributed by atoms with Crippen molar-refractivity contribution in [1.29, 1.82) is 0 Å². The minimum absolute atomic E-state index is 0.360. The Labute approximate surface area is 120 Å². The van der Waals surface area contributed by atoms with E-state index in [9.17, 15) is 4.79 Å². The molecule has 0 radical (unpaired) electrons. The number of likely N-dealkylation sites (N-methyl/N-ethyl adjacent to an activating group) is 1. The van der Waals surface area contributed by atoms with Crippen molar-refractivity contribution in [1.82, 2.24) is 9.80 Å². The second kappa shape index (κ2) is 5.54. The smallest absolute Gasteiger partial charge is 0.335 e. The van der Waals surface area contributed by atoms with Crippen LogP contribution in [0.3, 0.4) is 0 Å². The van der Waals surface area contributed by atoms with Gasteiger partial charge in [-0.3, -0.25) is 9.80 Å². The summed E-state index contributed by atoms with van der Waals surface area (Å²) in [6.07, 6.45) is 3.92. The Kier molecular flexibility index (Phi) is 3.76.